The lowest BCUT2D eigenvalue weighted by atomic mass is 9.93. The van der Waals surface area contributed by atoms with Crippen LogP contribution in [0.3, 0.4) is 0 Å². The average molecular weight is 643 g/mol. The van der Waals surface area contributed by atoms with Crippen LogP contribution in [0.15, 0.2) is 81.5 Å². The Morgan fingerprint density at radius 3 is 2.48 bits per heavy atom. The zero-order chi connectivity index (χ0) is 31.6. The van der Waals surface area contributed by atoms with E-state index in [0.29, 0.717) is 28.8 Å². The summed E-state index contributed by atoms with van der Waals surface area (Å²) in [6, 6.07) is 12.5. The van der Waals surface area contributed by atoms with Crippen molar-refractivity contribution in [2.24, 2.45) is 21.8 Å². The minimum atomic E-state index is -4.31. The van der Waals surface area contributed by atoms with E-state index in [2.05, 4.69) is 9.98 Å². The van der Waals surface area contributed by atoms with Crippen molar-refractivity contribution >= 4 is 43.9 Å². The minimum Gasteiger partial charge on any atom is -0.476 e. The maximum absolute atomic E-state index is 14.8. The molecule has 228 valence electrons. The summed E-state index contributed by atoms with van der Waals surface area (Å²) in [6.45, 7) is 0. The first-order valence-corrected chi connectivity index (χ1v) is 15.6. The summed E-state index contributed by atoms with van der Waals surface area (Å²) in [4.78, 5) is 19.4. The molecule has 14 heteroatoms. The van der Waals surface area contributed by atoms with Gasteiger partial charge in [0.25, 0.3) is 0 Å². The first kappa shape index (κ1) is 30.9. The van der Waals surface area contributed by atoms with E-state index in [1.54, 1.807) is 0 Å². The van der Waals surface area contributed by atoms with Crippen LogP contribution in [-0.2, 0) is 16.4 Å². The van der Waals surface area contributed by atoms with Crippen LogP contribution in [0.4, 0.5) is 18.3 Å². The number of allylic oxidation sites excluding steroid dienone is 1. The number of aromatic carboxylic acids is 1. The molecule has 0 atom stereocenters. The molecule has 1 aliphatic rings. The lowest BCUT2D eigenvalue weighted by Gasteiger charge is -2.17. The van der Waals surface area contributed by atoms with E-state index < -0.39 is 38.3 Å². The van der Waals surface area contributed by atoms with Gasteiger partial charge in [0.2, 0.25) is 15.2 Å². The number of aliphatic imine (C=N–C) groups is 1. The van der Waals surface area contributed by atoms with E-state index >= 15 is 0 Å². The topological polar surface area (TPSA) is 158 Å². The molecule has 5 rings (SSSR count). The second-order valence-electron chi connectivity index (χ2n) is 10.1. The van der Waals surface area contributed by atoms with Crippen molar-refractivity contribution < 1.29 is 36.2 Å². The monoisotopic (exact) mass is 642 g/mol. The first-order chi connectivity index (χ1) is 20.9. The predicted octanol–water partition coefficient (Wildman–Crippen LogP) is 6.18. The van der Waals surface area contributed by atoms with Gasteiger partial charge in [0.1, 0.15) is 22.3 Å². The predicted molar refractivity (Wildman–Crippen MR) is 159 cm³/mol. The highest BCUT2D eigenvalue weighted by atomic mass is 32.2. The van der Waals surface area contributed by atoms with Gasteiger partial charge in [-0.1, -0.05) is 12.1 Å². The number of carbonyl (C=O) groups is 1. The Kier molecular flexibility index (Phi) is 8.85. The number of aromatic nitrogens is 1. The normalized spacial score (nSPS) is 14.3. The van der Waals surface area contributed by atoms with Gasteiger partial charge in [-0.25, -0.2) is 41.5 Å². The van der Waals surface area contributed by atoms with E-state index in [9.17, 15) is 31.5 Å². The smallest absolute Gasteiger partial charge is 0.355 e. The Morgan fingerprint density at radius 1 is 1.07 bits per heavy atom. The number of nitrogens with zero attached hydrogens (tertiary/aromatic N) is 2. The van der Waals surface area contributed by atoms with Crippen LogP contribution < -0.4 is 15.6 Å². The molecule has 0 bridgehead atoms. The summed E-state index contributed by atoms with van der Waals surface area (Å²) in [7, 11) is -4.31. The zero-order valence-electron chi connectivity index (χ0n) is 22.8. The lowest BCUT2D eigenvalue weighted by Crippen LogP contribution is -2.16. The van der Waals surface area contributed by atoms with Gasteiger partial charge in [0.05, 0.1) is 0 Å². The third kappa shape index (κ3) is 7.51. The van der Waals surface area contributed by atoms with Crippen molar-refractivity contribution in [2.75, 3.05) is 0 Å². The molecule has 0 saturated heterocycles. The summed E-state index contributed by atoms with van der Waals surface area (Å²) in [5.41, 5.74) is 8.13. The number of rotatable bonds is 11. The third-order valence-corrected chi connectivity index (χ3v) is 8.42. The van der Waals surface area contributed by atoms with Gasteiger partial charge in [-0.05, 0) is 73.2 Å². The Bertz CT molecular complexity index is 1920. The molecule has 1 heterocycles. The largest absolute Gasteiger partial charge is 0.476 e. The average Bonchev–Trinajstić information content (AvgIpc) is 3.65. The molecule has 1 aliphatic carbocycles. The number of benzene rings is 3. The quantitative estimate of drug-likeness (QED) is 0.165. The van der Waals surface area contributed by atoms with Gasteiger partial charge in [-0.2, -0.15) is 0 Å². The van der Waals surface area contributed by atoms with Crippen molar-refractivity contribution in [1.82, 2.24) is 4.98 Å². The molecule has 0 amide bonds. The van der Waals surface area contributed by atoms with E-state index in [-0.39, 0.29) is 40.4 Å². The molecule has 0 spiro atoms. The van der Waals surface area contributed by atoms with Gasteiger partial charge in [-0.15, -0.1) is 11.3 Å². The maximum atomic E-state index is 14.8. The Morgan fingerprint density at radius 2 is 1.84 bits per heavy atom. The lowest BCUT2D eigenvalue weighted by molar-refractivity contribution is 0.0691. The summed E-state index contributed by atoms with van der Waals surface area (Å²) in [5, 5.41) is 15.9. The van der Waals surface area contributed by atoms with Gasteiger partial charge in [-0.3, -0.25) is 0 Å². The summed E-state index contributed by atoms with van der Waals surface area (Å²) >= 11 is 1.02. The SMILES string of the molecule is NC(=C(Cc1ccc(S(N)(=O)=O)c(F)c1)C(CC1CC1)=Nc1nc(C(=O)O)cs1)c1ccc(F)c(Oc2cccc(F)c2)c1. The molecule has 3 aromatic carbocycles. The number of hydrogen-bond acceptors (Lipinski definition) is 8. The number of sulfonamides is 1. The van der Waals surface area contributed by atoms with Crippen LogP contribution in [0.25, 0.3) is 5.70 Å². The van der Waals surface area contributed by atoms with Crippen molar-refractivity contribution in [2.45, 2.75) is 30.6 Å². The molecule has 5 N–H and O–H groups in total. The van der Waals surface area contributed by atoms with Crippen LogP contribution in [0.2, 0.25) is 0 Å². The van der Waals surface area contributed by atoms with Crippen LogP contribution in [0.5, 0.6) is 11.5 Å². The zero-order valence-corrected chi connectivity index (χ0v) is 24.5. The highest BCUT2D eigenvalue weighted by Crippen LogP contribution is 2.37. The molecule has 4 aromatic rings. The Balaban J connectivity index is 1.63. The van der Waals surface area contributed by atoms with E-state index in [1.165, 1.54) is 41.8 Å². The third-order valence-electron chi connectivity index (χ3n) is 6.74. The highest BCUT2D eigenvalue weighted by Gasteiger charge is 2.27. The standard InChI is InChI=1S/C30H25F3N4O5S2/c31-19-2-1-3-20(14-19)42-26-13-18(7-8-22(26)32)28(34)21(10-17-6-9-27(23(33)11-17)44(35,40)41)24(12-16-4-5-16)36-30-37-25(15-43-30)29(38)39/h1-3,6-9,11,13-16H,4-5,10,12,34H2,(H,38,39)(H2,35,40,41). The van der Waals surface area contributed by atoms with Crippen LogP contribution in [-0.4, -0.2) is 30.2 Å². The van der Waals surface area contributed by atoms with Gasteiger partial charge in [0.15, 0.2) is 17.3 Å². The van der Waals surface area contributed by atoms with Crippen LogP contribution >= 0.6 is 11.3 Å². The first-order valence-electron chi connectivity index (χ1n) is 13.2. The van der Waals surface area contributed by atoms with Crippen LogP contribution in [0, 0.1) is 23.4 Å². The highest BCUT2D eigenvalue weighted by molar-refractivity contribution is 7.89. The number of hydrogen-bond donors (Lipinski definition) is 3. The molecule has 44 heavy (non-hydrogen) atoms. The van der Waals surface area contributed by atoms with Crippen molar-refractivity contribution in [3.05, 3.63) is 106 Å². The summed E-state index contributed by atoms with van der Waals surface area (Å²) in [6.07, 6.45) is 2.24. The van der Waals surface area contributed by atoms with Crippen molar-refractivity contribution in [1.29, 1.82) is 0 Å². The van der Waals surface area contributed by atoms with Gasteiger partial charge < -0.3 is 15.6 Å². The van der Waals surface area contributed by atoms with E-state index in [1.807, 2.05) is 0 Å². The number of carboxylic acid groups (broad SMARTS) is 1. The summed E-state index contributed by atoms with van der Waals surface area (Å²) in [5.74, 6) is -3.49. The fourth-order valence-corrected chi connectivity index (χ4v) is 5.66. The number of nitrogens with two attached hydrogens (primary N) is 2. The molecule has 9 nitrogen and oxygen atoms in total. The molecular formula is C30H25F3N4O5S2. The molecule has 0 radical (unpaired) electrons. The molecule has 1 aromatic heterocycles. The molecule has 1 fully saturated rings. The second-order valence-corrected chi connectivity index (χ2v) is 12.5. The van der Waals surface area contributed by atoms with Crippen molar-refractivity contribution in [3.8, 4) is 11.5 Å². The van der Waals surface area contributed by atoms with Gasteiger partial charge >= 0.3 is 5.97 Å². The molecule has 0 aliphatic heterocycles. The Labute approximate surface area is 254 Å². The van der Waals surface area contributed by atoms with E-state index in [4.69, 9.17) is 15.6 Å². The number of thiazole rings is 1. The van der Waals surface area contributed by atoms with E-state index in [0.717, 1.165) is 48.4 Å². The fraction of sp³-hybridized carbons (Fsp3) is 0.167. The molecular weight excluding hydrogens is 617 g/mol. The number of halogens is 3. The number of primary sulfonamides is 1. The summed E-state index contributed by atoms with van der Waals surface area (Å²) < 4.78 is 72.4. The molecule has 1 saturated carbocycles. The second kappa shape index (κ2) is 12.6. The van der Waals surface area contributed by atoms with Crippen molar-refractivity contribution in [3.63, 3.8) is 0 Å². The fourth-order valence-electron chi connectivity index (χ4n) is 4.38. The Hall–Kier alpha value is -4.53. The number of ether oxygens (including phenoxy) is 1. The van der Waals surface area contributed by atoms with Crippen LogP contribution in [0.1, 0.15) is 40.9 Å². The minimum absolute atomic E-state index is 0.0339. The number of carboxylic acids is 1. The maximum Gasteiger partial charge on any atom is 0.355 e. The molecule has 0 unspecified atom stereocenters. The van der Waals surface area contributed by atoms with Gasteiger partial charge in [0, 0.05) is 40.4 Å².